The lowest BCUT2D eigenvalue weighted by Gasteiger charge is -2.35. The highest BCUT2D eigenvalue weighted by Gasteiger charge is 2.26. The van der Waals surface area contributed by atoms with Crippen LogP contribution in [-0.2, 0) is 4.74 Å². The molecular formula is C26H27Cl2N3O3. The van der Waals surface area contributed by atoms with Crippen molar-refractivity contribution < 1.29 is 14.3 Å². The van der Waals surface area contributed by atoms with Gasteiger partial charge in [-0.3, -0.25) is 4.79 Å². The predicted molar refractivity (Wildman–Crippen MR) is 134 cm³/mol. The summed E-state index contributed by atoms with van der Waals surface area (Å²) in [7, 11) is 0. The lowest BCUT2D eigenvalue weighted by molar-refractivity contribution is 0.0518. The Morgan fingerprint density at radius 3 is 2.50 bits per heavy atom. The number of ether oxygens (including phenoxy) is 1. The van der Waals surface area contributed by atoms with Crippen molar-refractivity contribution in [3.05, 3.63) is 69.8 Å². The number of carbonyl (C=O) groups is 2. The summed E-state index contributed by atoms with van der Waals surface area (Å²) in [4.78, 5) is 27.5. The van der Waals surface area contributed by atoms with E-state index < -0.39 is 5.97 Å². The molecule has 0 saturated carbocycles. The van der Waals surface area contributed by atoms with E-state index in [1.54, 1.807) is 48.0 Å². The van der Waals surface area contributed by atoms with Crippen molar-refractivity contribution in [1.29, 1.82) is 0 Å². The van der Waals surface area contributed by atoms with Gasteiger partial charge in [-0.2, -0.15) is 5.10 Å². The Kier molecular flexibility index (Phi) is 7.59. The van der Waals surface area contributed by atoms with E-state index in [2.05, 4.69) is 12.0 Å². The maximum absolute atomic E-state index is 13.2. The van der Waals surface area contributed by atoms with Gasteiger partial charge in [-0.25, -0.2) is 9.48 Å². The molecule has 1 saturated heterocycles. The van der Waals surface area contributed by atoms with Gasteiger partial charge < -0.3 is 9.64 Å². The van der Waals surface area contributed by atoms with Gasteiger partial charge in [0.1, 0.15) is 0 Å². The second-order valence-electron chi connectivity index (χ2n) is 8.27. The molecule has 0 bridgehead atoms. The van der Waals surface area contributed by atoms with Crippen LogP contribution in [0.15, 0.2) is 48.5 Å². The summed E-state index contributed by atoms with van der Waals surface area (Å²) >= 11 is 12.5. The fourth-order valence-electron chi connectivity index (χ4n) is 4.38. The minimum absolute atomic E-state index is 0.0479. The largest absolute Gasteiger partial charge is 0.461 e. The van der Waals surface area contributed by atoms with Crippen LogP contribution in [0.3, 0.4) is 0 Å². The van der Waals surface area contributed by atoms with Crippen LogP contribution in [0.5, 0.6) is 0 Å². The van der Waals surface area contributed by atoms with Crippen molar-refractivity contribution in [2.75, 3.05) is 13.2 Å². The molecule has 4 rings (SSSR count). The van der Waals surface area contributed by atoms with E-state index in [0.717, 1.165) is 25.8 Å². The number of amides is 1. The standard InChI is InChI=1S/C26H27Cl2N3O3/c1-3-19-7-5-6-14-30(19)25(32)17-8-11-20(12-9-17)31-24(16-23(29-31)26(33)34-4-2)21-13-10-18(27)15-22(21)28/h8-13,15-16,19H,3-7,14H2,1-2H3. The summed E-state index contributed by atoms with van der Waals surface area (Å²) in [5.74, 6) is -0.471. The number of aromatic nitrogens is 2. The number of hydrogen-bond acceptors (Lipinski definition) is 4. The predicted octanol–water partition coefficient (Wildman–Crippen LogP) is 6.43. The first-order valence-corrected chi connectivity index (χ1v) is 12.3. The first kappa shape index (κ1) is 24.3. The first-order chi connectivity index (χ1) is 16.4. The van der Waals surface area contributed by atoms with Crippen LogP contribution < -0.4 is 0 Å². The van der Waals surface area contributed by atoms with Crippen LogP contribution in [0.4, 0.5) is 0 Å². The highest BCUT2D eigenvalue weighted by Crippen LogP contribution is 2.33. The van der Waals surface area contributed by atoms with Gasteiger partial charge in [0.25, 0.3) is 5.91 Å². The first-order valence-electron chi connectivity index (χ1n) is 11.6. The number of nitrogens with zero attached hydrogens (tertiary/aromatic N) is 3. The summed E-state index contributed by atoms with van der Waals surface area (Å²) in [6, 6.07) is 14.4. The molecule has 1 atom stereocenters. The van der Waals surface area contributed by atoms with Gasteiger partial charge in [0, 0.05) is 28.7 Å². The van der Waals surface area contributed by atoms with E-state index in [1.165, 1.54) is 6.42 Å². The molecule has 34 heavy (non-hydrogen) atoms. The molecule has 1 aliphatic rings. The zero-order valence-electron chi connectivity index (χ0n) is 19.3. The molecule has 2 aromatic carbocycles. The Morgan fingerprint density at radius 1 is 1.06 bits per heavy atom. The summed E-state index contributed by atoms with van der Waals surface area (Å²) in [6.07, 6.45) is 4.21. The minimum atomic E-state index is -0.518. The zero-order chi connectivity index (χ0) is 24.2. The monoisotopic (exact) mass is 499 g/mol. The topological polar surface area (TPSA) is 64.4 Å². The fourth-order valence-corrected chi connectivity index (χ4v) is 4.88. The van der Waals surface area contributed by atoms with Gasteiger partial charge in [0.15, 0.2) is 5.69 Å². The Morgan fingerprint density at radius 2 is 1.82 bits per heavy atom. The van der Waals surface area contributed by atoms with Crippen molar-refractivity contribution >= 4 is 35.1 Å². The number of carbonyl (C=O) groups excluding carboxylic acids is 2. The third kappa shape index (κ3) is 4.98. The molecule has 3 aromatic rings. The lowest BCUT2D eigenvalue weighted by atomic mass is 9.99. The second kappa shape index (κ2) is 10.6. The molecule has 6 nitrogen and oxygen atoms in total. The SMILES string of the molecule is CCOC(=O)c1cc(-c2ccc(Cl)cc2Cl)n(-c2ccc(C(=O)N3CCCCC3CC)cc2)n1. The van der Waals surface area contributed by atoms with Gasteiger partial charge in [0.2, 0.25) is 0 Å². The molecular weight excluding hydrogens is 473 g/mol. The Labute approximate surface area is 209 Å². The van der Waals surface area contributed by atoms with Crippen molar-refractivity contribution in [2.24, 2.45) is 0 Å². The molecule has 0 N–H and O–H groups in total. The van der Waals surface area contributed by atoms with E-state index in [9.17, 15) is 9.59 Å². The molecule has 1 unspecified atom stereocenters. The number of piperidine rings is 1. The molecule has 1 fully saturated rings. The minimum Gasteiger partial charge on any atom is -0.461 e. The summed E-state index contributed by atoms with van der Waals surface area (Å²) in [5, 5.41) is 5.43. The normalized spacial score (nSPS) is 15.9. The van der Waals surface area contributed by atoms with E-state index in [0.29, 0.717) is 32.6 Å². The van der Waals surface area contributed by atoms with Crippen LogP contribution in [0.2, 0.25) is 10.0 Å². The van der Waals surface area contributed by atoms with E-state index in [-0.39, 0.29) is 24.2 Å². The Bertz CT molecular complexity index is 1190. The zero-order valence-corrected chi connectivity index (χ0v) is 20.8. The molecule has 0 radical (unpaired) electrons. The van der Waals surface area contributed by atoms with Crippen LogP contribution >= 0.6 is 23.2 Å². The van der Waals surface area contributed by atoms with E-state index in [1.807, 2.05) is 17.0 Å². The van der Waals surface area contributed by atoms with E-state index in [4.69, 9.17) is 27.9 Å². The fraction of sp³-hybridized carbons (Fsp3) is 0.346. The van der Waals surface area contributed by atoms with Crippen molar-refractivity contribution in [3.8, 4) is 16.9 Å². The highest BCUT2D eigenvalue weighted by atomic mass is 35.5. The number of esters is 1. The lowest BCUT2D eigenvalue weighted by Crippen LogP contribution is -2.43. The van der Waals surface area contributed by atoms with Crippen LogP contribution in [0.25, 0.3) is 16.9 Å². The molecule has 1 aliphatic heterocycles. The molecule has 0 spiro atoms. The van der Waals surface area contributed by atoms with Crippen LogP contribution in [-0.4, -0.2) is 45.8 Å². The maximum Gasteiger partial charge on any atom is 0.358 e. The van der Waals surface area contributed by atoms with Gasteiger partial charge in [-0.15, -0.1) is 0 Å². The molecule has 178 valence electrons. The number of hydrogen-bond donors (Lipinski definition) is 0. The Hall–Kier alpha value is -2.83. The third-order valence-corrected chi connectivity index (χ3v) is 6.67. The van der Waals surface area contributed by atoms with Gasteiger partial charge >= 0.3 is 5.97 Å². The average Bonchev–Trinajstić information content (AvgIpc) is 3.29. The summed E-state index contributed by atoms with van der Waals surface area (Å²) in [6.45, 7) is 4.91. The smallest absolute Gasteiger partial charge is 0.358 e. The molecule has 2 heterocycles. The van der Waals surface area contributed by atoms with Gasteiger partial charge in [0.05, 0.1) is 23.0 Å². The van der Waals surface area contributed by atoms with Crippen LogP contribution in [0.1, 0.15) is 60.4 Å². The quantitative estimate of drug-likeness (QED) is 0.366. The number of likely N-dealkylation sites (tertiary alicyclic amines) is 1. The van der Waals surface area contributed by atoms with Crippen molar-refractivity contribution in [2.45, 2.75) is 45.6 Å². The summed E-state index contributed by atoms with van der Waals surface area (Å²) in [5.41, 5.74) is 2.79. The van der Waals surface area contributed by atoms with Crippen molar-refractivity contribution in [1.82, 2.24) is 14.7 Å². The molecule has 1 amide bonds. The number of halogens is 2. The van der Waals surface area contributed by atoms with Gasteiger partial charge in [-0.05, 0) is 81.1 Å². The third-order valence-electron chi connectivity index (χ3n) is 6.12. The molecule has 0 aliphatic carbocycles. The molecule has 8 heteroatoms. The van der Waals surface area contributed by atoms with Crippen molar-refractivity contribution in [3.63, 3.8) is 0 Å². The number of rotatable bonds is 6. The highest BCUT2D eigenvalue weighted by molar-refractivity contribution is 6.36. The Balaban J connectivity index is 1.70. The summed E-state index contributed by atoms with van der Waals surface area (Å²) < 4.78 is 6.77. The van der Waals surface area contributed by atoms with Crippen LogP contribution in [0, 0.1) is 0 Å². The number of benzene rings is 2. The van der Waals surface area contributed by atoms with Gasteiger partial charge in [-0.1, -0.05) is 30.1 Å². The molecule has 1 aromatic heterocycles. The second-order valence-corrected chi connectivity index (χ2v) is 9.12. The van der Waals surface area contributed by atoms with E-state index >= 15 is 0 Å². The average molecular weight is 500 g/mol. The maximum atomic E-state index is 13.2.